The molecule has 1 N–H and O–H groups in total. The van der Waals surface area contributed by atoms with Gasteiger partial charge in [0.2, 0.25) is 0 Å². The number of ether oxygens (including phenoxy) is 3. The van der Waals surface area contributed by atoms with Gasteiger partial charge < -0.3 is 19.5 Å². The summed E-state index contributed by atoms with van der Waals surface area (Å²) in [5.74, 6) is -0.0981. The zero-order valence-corrected chi connectivity index (χ0v) is 17.3. The molecule has 2 aromatic carbocycles. The summed E-state index contributed by atoms with van der Waals surface area (Å²) in [6, 6.07) is 8.89. The lowest BCUT2D eigenvalue weighted by Crippen LogP contribution is -2.31. The van der Waals surface area contributed by atoms with Crippen LogP contribution in [0.5, 0.6) is 11.5 Å². The third kappa shape index (κ3) is 5.39. The van der Waals surface area contributed by atoms with Crippen LogP contribution in [0.3, 0.4) is 0 Å². The molecule has 0 unspecified atom stereocenters. The highest BCUT2D eigenvalue weighted by atomic mass is 35.5. The Morgan fingerprint density at radius 2 is 1.82 bits per heavy atom. The van der Waals surface area contributed by atoms with Gasteiger partial charge in [-0.3, -0.25) is 4.79 Å². The van der Waals surface area contributed by atoms with Gasteiger partial charge >= 0.3 is 5.97 Å². The van der Waals surface area contributed by atoms with E-state index in [9.17, 15) is 9.59 Å². The zero-order valence-electron chi connectivity index (χ0n) is 16.6. The van der Waals surface area contributed by atoms with Crippen LogP contribution in [0.2, 0.25) is 5.02 Å². The molecule has 7 heteroatoms. The molecule has 1 atom stereocenters. The number of carbonyl (C=O) groups excluding carboxylic acids is 2. The van der Waals surface area contributed by atoms with Crippen molar-refractivity contribution >= 4 is 29.2 Å². The Kier molecular flexibility index (Phi) is 7.29. The Morgan fingerprint density at radius 1 is 1.11 bits per heavy atom. The van der Waals surface area contributed by atoms with E-state index in [-0.39, 0.29) is 6.61 Å². The van der Waals surface area contributed by atoms with Gasteiger partial charge in [-0.05, 0) is 56.5 Å². The van der Waals surface area contributed by atoms with Gasteiger partial charge in [-0.25, -0.2) is 4.79 Å². The molecule has 0 radical (unpaired) electrons. The van der Waals surface area contributed by atoms with Gasteiger partial charge in [-0.15, -0.1) is 0 Å². The molecule has 2 rings (SSSR count). The average molecular weight is 406 g/mol. The number of benzene rings is 2. The lowest BCUT2D eigenvalue weighted by molar-refractivity contribution is -0.155. The number of methoxy groups -OCH3 is 1. The lowest BCUT2D eigenvalue weighted by atomic mass is 10.1. The number of carbonyl (C=O) groups is 2. The molecule has 0 aliphatic heterocycles. The fourth-order valence-electron chi connectivity index (χ4n) is 2.47. The number of nitrogens with one attached hydrogen (secondary N) is 1. The summed E-state index contributed by atoms with van der Waals surface area (Å²) in [6.45, 7) is 6.88. The molecule has 6 nitrogen and oxygen atoms in total. The van der Waals surface area contributed by atoms with Gasteiger partial charge in [-0.1, -0.05) is 23.7 Å². The summed E-state index contributed by atoms with van der Waals surface area (Å²) in [6.07, 6.45) is -1.00. The molecular weight excluding hydrogens is 382 g/mol. The molecule has 0 aromatic heterocycles. The van der Waals surface area contributed by atoms with Crippen LogP contribution in [-0.2, 0) is 14.3 Å². The molecule has 0 spiro atoms. The highest BCUT2D eigenvalue weighted by Gasteiger charge is 2.20. The predicted molar refractivity (Wildman–Crippen MR) is 108 cm³/mol. The van der Waals surface area contributed by atoms with Crippen LogP contribution < -0.4 is 14.8 Å². The maximum absolute atomic E-state index is 12.4. The van der Waals surface area contributed by atoms with Crippen molar-refractivity contribution in [1.29, 1.82) is 0 Å². The minimum Gasteiger partial charge on any atom is -0.495 e. The van der Waals surface area contributed by atoms with E-state index in [1.54, 1.807) is 18.2 Å². The minimum atomic E-state index is -1.00. The second kappa shape index (κ2) is 9.46. The second-order valence-electron chi connectivity index (χ2n) is 6.41. The van der Waals surface area contributed by atoms with E-state index in [2.05, 4.69) is 5.32 Å². The average Bonchev–Trinajstić information content (AvgIpc) is 2.65. The molecular formula is C21H24ClNO5. The van der Waals surface area contributed by atoms with Crippen molar-refractivity contribution in [3.63, 3.8) is 0 Å². The van der Waals surface area contributed by atoms with E-state index >= 15 is 0 Å². The number of aryl methyl sites for hydroxylation is 2. The van der Waals surface area contributed by atoms with E-state index < -0.39 is 18.0 Å². The van der Waals surface area contributed by atoms with Gasteiger partial charge in [0.1, 0.15) is 11.5 Å². The fourth-order valence-corrected chi connectivity index (χ4v) is 2.62. The summed E-state index contributed by atoms with van der Waals surface area (Å²) in [5, 5.41) is 3.21. The van der Waals surface area contributed by atoms with E-state index in [1.807, 2.05) is 32.9 Å². The topological polar surface area (TPSA) is 73.9 Å². The van der Waals surface area contributed by atoms with Crippen LogP contribution in [-0.4, -0.2) is 31.7 Å². The van der Waals surface area contributed by atoms with Gasteiger partial charge in [0.15, 0.2) is 12.7 Å². The van der Waals surface area contributed by atoms with E-state index in [0.29, 0.717) is 22.2 Å². The zero-order chi connectivity index (χ0) is 20.8. The maximum Gasteiger partial charge on any atom is 0.344 e. The molecule has 0 fully saturated rings. The summed E-state index contributed by atoms with van der Waals surface area (Å²) in [5.41, 5.74) is 3.24. The molecule has 0 saturated heterocycles. The number of hydrogen-bond acceptors (Lipinski definition) is 5. The first-order valence-electron chi connectivity index (χ1n) is 8.76. The Labute approximate surface area is 169 Å². The quantitative estimate of drug-likeness (QED) is 0.698. The van der Waals surface area contributed by atoms with Crippen molar-refractivity contribution in [2.24, 2.45) is 0 Å². The van der Waals surface area contributed by atoms with Crippen molar-refractivity contribution in [3.05, 3.63) is 52.0 Å². The maximum atomic E-state index is 12.4. The smallest absolute Gasteiger partial charge is 0.344 e. The molecule has 150 valence electrons. The van der Waals surface area contributed by atoms with Crippen LogP contribution in [0.25, 0.3) is 0 Å². The first kappa shape index (κ1) is 21.6. The second-order valence-corrected chi connectivity index (χ2v) is 6.82. The third-order valence-corrected chi connectivity index (χ3v) is 4.72. The van der Waals surface area contributed by atoms with Crippen LogP contribution >= 0.6 is 11.6 Å². The third-order valence-electron chi connectivity index (χ3n) is 4.32. The molecule has 0 heterocycles. The van der Waals surface area contributed by atoms with Crippen LogP contribution in [0.1, 0.15) is 23.6 Å². The molecule has 0 aliphatic carbocycles. The number of esters is 1. The van der Waals surface area contributed by atoms with Crippen molar-refractivity contribution in [3.8, 4) is 11.5 Å². The molecule has 0 aliphatic rings. The van der Waals surface area contributed by atoms with Gasteiger partial charge in [0.25, 0.3) is 5.91 Å². The number of rotatable bonds is 7. The highest BCUT2D eigenvalue weighted by Crippen LogP contribution is 2.31. The van der Waals surface area contributed by atoms with Crippen LogP contribution in [0, 0.1) is 20.8 Å². The normalized spacial score (nSPS) is 11.5. The standard InChI is InChI=1S/C21H24ClNO5/c1-12-7-6-8-18(14(12)3)27-11-20(24)28-15(4)21(25)23-17-9-13(2)16(22)10-19(17)26-5/h6-10,15H,11H2,1-5H3,(H,23,25)/t15-/m0/s1. The summed E-state index contributed by atoms with van der Waals surface area (Å²) < 4.78 is 15.9. The van der Waals surface area contributed by atoms with Gasteiger partial charge in [0, 0.05) is 11.1 Å². The van der Waals surface area contributed by atoms with Crippen molar-refractivity contribution < 1.29 is 23.8 Å². The van der Waals surface area contributed by atoms with E-state index in [4.69, 9.17) is 25.8 Å². The first-order valence-corrected chi connectivity index (χ1v) is 9.14. The summed E-state index contributed by atoms with van der Waals surface area (Å²) in [4.78, 5) is 24.4. The van der Waals surface area contributed by atoms with Gasteiger partial charge in [-0.2, -0.15) is 0 Å². The molecule has 28 heavy (non-hydrogen) atoms. The number of anilines is 1. The van der Waals surface area contributed by atoms with Crippen molar-refractivity contribution in [2.45, 2.75) is 33.8 Å². The summed E-state index contributed by atoms with van der Waals surface area (Å²) >= 11 is 6.06. The monoisotopic (exact) mass is 405 g/mol. The van der Waals surface area contributed by atoms with Crippen LogP contribution in [0.4, 0.5) is 5.69 Å². The fraction of sp³-hybridized carbons (Fsp3) is 0.333. The predicted octanol–water partition coefficient (Wildman–Crippen LogP) is 4.22. The molecule has 1 amide bonds. The first-order chi connectivity index (χ1) is 13.2. The largest absolute Gasteiger partial charge is 0.495 e. The van der Waals surface area contributed by atoms with Gasteiger partial charge in [0.05, 0.1) is 12.8 Å². The Hall–Kier alpha value is -2.73. The number of hydrogen-bond donors (Lipinski definition) is 1. The van der Waals surface area contributed by atoms with Crippen molar-refractivity contribution in [1.82, 2.24) is 0 Å². The minimum absolute atomic E-state index is 0.286. The molecule has 2 aromatic rings. The van der Waals surface area contributed by atoms with E-state index in [0.717, 1.165) is 16.7 Å². The number of halogens is 1. The highest BCUT2D eigenvalue weighted by molar-refractivity contribution is 6.31. The molecule has 0 bridgehead atoms. The molecule has 0 saturated carbocycles. The van der Waals surface area contributed by atoms with Crippen LogP contribution in [0.15, 0.2) is 30.3 Å². The number of amides is 1. The Balaban J connectivity index is 1.94. The SMILES string of the molecule is COc1cc(Cl)c(C)cc1NC(=O)[C@H](C)OC(=O)COc1cccc(C)c1C. The van der Waals surface area contributed by atoms with Crippen molar-refractivity contribution in [2.75, 3.05) is 19.0 Å². The lowest BCUT2D eigenvalue weighted by Gasteiger charge is -2.16. The Morgan fingerprint density at radius 3 is 2.50 bits per heavy atom. The summed E-state index contributed by atoms with van der Waals surface area (Å²) in [7, 11) is 1.48. The Bertz CT molecular complexity index is 881. The van der Waals surface area contributed by atoms with E-state index in [1.165, 1.54) is 14.0 Å².